The Bertz CT molecular complexity index is 572. The van der Waals surface area contributed by atoms with Crippen molar-refractivity contribution in [3.05, 3.63) is 12.3 Å². The first-order valence-electron chi connectivity index (χ1n) is 7.10. The van der Waals surface area contributed by atoms with Gasteiger partial charge in [0.1, 0.15) is 12.2 Å². The van der Waals surface area contributed by atoms with Crippen LogP contribution in [0.15, 0.2) is 12.3 Å². The lowest BCUT2D eigenvalue weighted by Gasteiger charge is -2.35. The van der Waals surface area contributed by atoms with E-state index in [2.05, 4.69) is 5.32 Å². The third kappa shape index (κ3) is 3.26. The Morgan fingerprint density at radius 1 is 1.52 bits per heavy atom. The van der Waals surface area contributed by atoms with Crippen LogP contribution in [0.3, 0.4) is 0 Å². The van der Waals surface area contributed by atoms with Crippen LogP contribution in [-0.4, -0.2) is 53.0 Å². The Kier molecular flexibility index (Phi) is 4.70. The van der Waals surface area contributed by atoms with Crippen LogP contribution >= 0.6 is 31.0 Å². The number of fused-ring (bicyclic) bond motifs is 1. The number of phosphoric ester groups is 1. The molecule has 2 saturated heterocycles. The molecule has 0 aliphatic carbocycles. The lowest BCUT2D eigenvalue weighted by Crippen LogP contribution is -2.53. The first kappa shape index (κ1) is 17.5. The Hall–Kier alpha value is -0.340. The summed E-state index contributed by atoms with van der Waals surface area (Å²) in [5.74, 6) is 0. The molecule has 3 rings (SSSR count). The summed E-state index contributed by atoms with van der Waals surface area (Å²) >= 11 is 12.8. The van der Waals surface area contributed by atoms with Gasteiger partial charge in [-0.3, -0.25) is 18.5 Å². The van der Waals surface area contributed by atoms with Gasteiger partial charge >= 0.3 is 13.9 Å². The van der Waals surface area contributed by atoms with Crippen molar-refractivity contribution in [3.63, 3.8) is 0 Å². The van der Waals surface area contributed by atoms with Gasteiger partial charge in [-0.1, -0.05) is 23.2 Å². The maximum atomic E-state index is 12.5. The minimum Gasteiger partial charge on any atom is -0.346 e. The zero-order valence-electron chi connectivity index (χ0n) is 12.5. The second-order valence-corrected chi connectivity index (χ2v) is 8.62. The lowest BCUT2D eigenvalue weighted by molar-refractivity contribution is -0.0789. The average Bonchev–Trinajstić information content (AvgIpc) is 2.70. The predicted molar refractivity (Wildman–Crippen MR) is 82.1 cm³/mol. The summed E-state index contributed by atoms with van der Waals surface area (Å²) in [4.78, 5) is 13.2. The highest BCUT2D eigenvalue weighted by atomic mass is 35.5. The van der Waals surface area contributed by atoms with Gasteiger partial charge in [-0.2, -0.15) is 0 Å². The van der Waals surface area contributed by atoms with E-state index in [9.17, 15) is 9.36 Å². The van der Waals surface area contributed by atoms with Crippen LogP contribution in [0.5, 0.6) is 0 Å². The van der Waals surface area contributed by atoms with E-state index in [-0.39, 0.29) is 12.7 Å². The minimum atomic E-state index is -3.79. The number of urea groups is 1. The number of phosphoric acid groups is 1. The molecular weight excluding hydrogens is 370 g/mol. The molecular formula is C12H17Cl2N2O6P. The summed E-state index contributed by atoms with van der Waals surface area (Å²) < 4.78 is 32.4. The molecule has 11 heteroatoms. The van der Waals surface area contributed by atoms with E-state index < -0.39 is 36.6 Å². The number of carbonyl (C=O) groups is 1. The fourth-order valence-electron chi connectivity index (χ4n) is 2.54. The molecule has 3 aliphatic rings. The van der Waals surface area contributed by atoms with Gasteiger partial charge < -0.3 is 10.1 Å². The van der Waals surface area contributed by atoms with Crippen molar-refractivity contribution in [2.24, 2.45) is 0 Å². The van der Waals surface area contributed by atoms with Gasteiger partial charge in [0.15, 0.2) is 10.6 Å². The molecule has 3 aliphatic heterocycles. The second-order valence-electron chi connectivity index (χ2n) is 5.60. The molecule has 0 bridgehead atoms. The molecule has 1 N–H and O–H groups in total. The van der Waals surface area contributed by atoms with E-state index in [0.717, 1.165) is 0 Å². The highest BCUT2D eigenvalue weighted by molar-refractivity contribution is 7.48. The maximum Gasteiger partial charge on any atom is 0.475 e. The van der Waals surface area contributed by atoms with Crippen LogP contribution in [0.25, 0.3) is 0 Å². The second kappa shape index (κ2) is 6.19. The first-order chi connectivity index (χ1) is 10.7. The van der Waals surface area contributed by atoms with Gasteiger partial charge in [0.05, 0.1) is 12.7 Å². The number of hydrogen-bond acceptors (Lipinski definition) is 6. The van der Waals surface area contributed by atoms with E-state index in [4.69, 9.17) is 41.5 Å². The fraction of sp³-hybridized carbons (Fsp3) is 0.750. The van der Waals surface area contributed by atoms with Crippen LogP contribution in [0.2, 0.25) is 0 Å². The number of carbonyl (C=O) groups excluding carboxylic acids is 1. The number of alkyl halides is 2. The molecule has 0 aromatic carbocycles. The van der Waals surface area contributed by atoms with Crippen LogP contribution in [0.1, 0.15) is 13.8 Å². The summed E-state index contributed by atoms with van der Waals surface area (Å²) in [5.41, 5.74) is 0. The van der Waals surface area contributed by atoms with E-state index in [1.54, 1.807) is 19.9 Å². The summed E-state index contributed by atoms with van der Waals surface area (Å²) in [6, 6.07) is -0.399. The Labute approximate surface area is 143 Å². The molecule has 0 radical (unpaired) electrons. The number of ether oxygens (including phenoxy) is 1. The summed E-state index contributed by atoms with van der Waals surface area (Å²) in [6.07, 6.45) is 0.248. The minimum absolute atomic E-state index is 0.0640. The Morgan fingerprint density at radius 2 is 2.26 bits per heavy atom. The number of hydrogen-bond donors (Lipinski definition) is 1. The first-order valence-corrected chi connectivity index (χ1v) is 9.32. The molecule has 23 heavy (non-hydrogen) atoms. The molecule has 4 atom stereocenters. The van der Waals surface area contributed by atoms with Gasteiger partial charge in [0, 0.05) is 12.7 Å². The number of rotatable bonds is 3. The number of nitrogens with zero attached hydrogens (tertiary/aromatic N) is 1. The zero-order valence-corrected chi connectivity index (χ0v) is 14.9. The molecule has 0 saturated carbocycles. The molecule has 0 aromatic rings. The van der Waals surface area contributed by atoms with Gasteiger partial charge in [-0.15, -0.1) is 0 Å². The highest BCUT2D eigenvalue weighted by Gasteiger charge is 2.63. The summed E-state index contributed by atoms with van der Waals surface area (Å²) in [5, 5.41) is 2.62. The monoisotopic (exact) mass is 386 g/mol. The lowest BCUT2D eigenvalue weighted by atomic mass is 10.1. The van der Waals surface area contributed by atoms with Gasteiger partial charge in [-0.25, -0.2) is 9.36 Å². The third-order valence-corrected chi connectivity index (χ3v) is 5.89. The van der Waals surface area contributed by atoms with E-state index in [0.29, 0.717) is 6.54 Å². The number of amides is 2. The van der Waals surface area contributed by atoms with Gasteiger partial charge in [-0.05, 0) is 19.9 Å². The van der Waals surface area contributed by atoms with Crippen molar-refractivity contribution in [2.45, 2.75) is 42.7 Å². The summed E-state index contributed by atoms with van der Waals surface area (Å²) in [6.45, 7) is 3.74. The topological polar surface area (TPSA) is 86.3 Å². The van der Waals surface area contributed by atoms with Gasteiger partial charge in [0.25, 0.3) is 0 Å². The smallest absolute Gasteiger partial charge is 0.346 e. The van der Waals surface area contributed by atoms with E-state index in [1.807, 2.05) is 0 Å². The van der Waals surface area contributed by atoms with Crippen molar-refractivity contribution in [2.75, 3.05) is 13.2 Å². The Morgan fingerprint density at radius 3 is 2.91 bits per heavy atom. The van der Waals surface area contributed by atoms with E-state index >= 15 is 0 Å². The van der Waals surface area contributed by atoms with Crippen molar-refractivity contribution in [1.29, 1.82) is 0 Å². The number of halogens is 2. The highest BCUT2D eigenvalue weighted by Crippen LogP contribution is 2.60. The van der Waals surface area contributed by atoms with Crippen LogP contribution in [0.4, 0.5) is 4.79 Å². The van der Waals surface area contributed by atoms with Crippen molar-refractivity contribution in [3.8, 4) is 0 Å². The molecule has 8 nitrogen and oxygen atoms in total. The average molecular weight is 387 g/mol. The molecule has 3 heterocycles. The van der Waals surface area contributed by atoms with Crippen molar-refractivity contribution < 1.29 is 27.7 Å². The molecule has 2 fully saturated rings. The normalized spacial score (nSPS) is 39.4. The maximum absolute atomic E-state index is 12.5. The Balaban J connectivity index is 1.82. The zero-order chi connectivity index (χ0) is 16.8. The van der Waals surface area contributed by atoms with E-state index in [1.165, 1.54) is 11.1 Å². The van der Waals surface area contributed by atoms with Crippen LogP contribution in [-0.2, 0) is 22.9 Å². The molecule has 130 valence electrons. The molecule has 2 amide bonds. The van der Waals surface area contributed by atoms with Gasteiger partial charge in [0.2, 0.25) is 0 Å². The molecule has 0 aromatic heterocycles. The molecule has 0 unspecified atom stereocenters. The standard InChI is InChI=1S/C12H17Cl2N2O6P/c1-7(2)21-23(18)19-6-8-9(22-23)12(13,14)10(20-8)16-5-3-4-15-11(16)17/h3,5,7-10H,4,6H2,1-2H3,(H,15,17)/t8-,9-,10-,23-/m1/s1. The molecule has 0 spiro atoms. The third-order valence-electron chi connectivity index (χ3n) is 3.45. The SMILES string of the molecule is CC(C)O[P@@]1(=O)OC[C@H]2O[C@@H](N3C=CCNC3=O)C(Cl)(Cl)[C@@H]2O1. The summed E-state index contributed by atoms with van der Waals surface area (Å²) in [7, 11) is -3.79. The van der Waals surface area contributed by atoms with Crippen LogP contribution in [0, 0.1) is 0 Å². The quantitative estimate of drug-likeness (QED) is 0.591. The number of nitrogens with one attached hydrogen (secondary N) is 1. The predicted octanol–water partition coefficient (Wildman–Crippen LogP) is 2.37. The van der Waals surface area contributed by atoms with Crippen molar-refractivity contribution >= 4 is 37.1 Å². The van der Waals surface area contributed by atoms with Crippen LogP contribution < -0.4 is 5.32 Å². The fourth-order valence-corrected chi connectivity index (χ4v) is 4.94. The van der Waals surface area contributed by atoms with Crippen molar-refractivity contribution in [1.82, 2.24) is 10.2 Å². The largest absolute Gasteiger partial charge is 0.475 e.